The first-order valence-corrected chi connectivity index (χ1v) is 28.1. The molecule has 0 aliphatic carbocycles. The van der Waals surface area contributed by atoms with Crippen LogP contribution in [0.4, 0.5) is 0 Å². The maximum absolute atomic E-state index is 6.87. The molecule has 0 radical (unpaired) electrons. The zero-order valence-corrected chi connectivity index (χ0v) is 52.7. The number of para-hydroxylation sites is 1. The minimum Gasteiger partial charge on any atom is -0.510 e. The summed E-state index contributed by atoms with van der Waals surface area (Å²) in [5, 5.41) is 7.88. The molecule has 3 heterocycles. The summed E-state index contributed by atoms with van der Waals surface area (Å²) in [6.45, 7) is 41.1. The van der Waals surface area contributed by atoms with E-state index in [9.17, 15) is 0 Å². The molecule has 0 saturated carbocycles. The van der Waals surface area contributed by atoms with Gasteiger partial charge in [-0.2, -0.15) is 22.9 Å². The van der Waals surface area contributed by atoms with Crippen LogP contribution in [-0.4, -0.2) is 19.2 Å². The van der Waals surface area contributed by atoms with Gasteiger partial charge in [0.05, 0.1) is 5.69 Å². The van der Waals surface area contributed by atoms with Gasteiger partial charge in [0, 0.05) is 49.8 Å². The Morgan fingerprint density at radius 1 is 0.450 bits per heavy atom. The van der Waals surface area contributed by atoms with Gasteiger partial charge in [-0.25, -0.2) is 4.98 Å². The molecule has 414 valence electrons. The van der Waals surface area contributed by atoms with E-state index in [1.807, 2.05) is 29.1 Å². The first kappa shape index (κ1) is 57.8. The van der Waals surface area contributed by atoms with E-state index >= 15 is 0 Å². The molecule has 10 aromatic rings. The van der Waals surface area contributed by atoms with Gasteiger partial charge in [-0.05, 0) is 112 Å². The Labute approximate surface area is 491 Å². The zero-order valence-electron chi connectivity index (χ0n) is 50.4. The molecule has 10 rings (SSSR count). The molecule has 0 bridgehead atoms. The topological polar surface area (TPSA) is 48.8 Å². The van der Waals surface area contributed by atoms with Gasteiger partial charge >= 0.3 is 0 Å². The number of benzene rings is 7. The molecule has 0 spiro atoms. The maximum Gasteiger partial charge on any atom is 0.272 e. The Balaban J connectivity index is 0.00000774. The summed E-state index contributed by atoms with van der Waals surface area (Å²) < 4.78 is 13.1. The first-order chi connectivity index (χ1) is 36.9. The Bertz CT molecular complexity index is 3780. The van der Waals surface area contributed by atoms with Crippen LogP contribution in [0.2, 0.25) is 0 Å². The molecule has 3 aromatic heterocycles. The summed E-state index contributed by atoms with van der Waals surface area (Å²) >= 11 is 0. The molecule has 7 aromatic carbocycles. The Morgan fingerprint density at radius 3 is 1.52 bits per heavy atom. The third-order valence-corrected chi connectivity index (χ3v) is 15.4. The molecule has 7 heteroatoms. The number of aromatic nitrogens is 5. The fourth-order valence-corrected chi connectivity index (χ4v) is 10.3. The number of pyridine rings is 1. The van der Waals surface area contributed by atoms with Crippen LogP contribution in [-0.2, 0) is 53.6 Å². The van der Waals surface area contributed by atoms with E-state index in [1.165, 1.54) is 33.4 Å². The number of rotatable bonds is 8. The van der Waals surface area contributed by atoms with Crippen LogP contribution in [0.5, 0.6) is 11.5 Å². The Morgan fingerprint density at radius 2 is 0.963 bits per heavy atom. The standard InChI is InChI=1S/C73H79N5O.Pt/c1-68(2,3)49-24-21-26-56(42-49)77-46-76(55-25-22-27-57(44-55)79-58-32-33-62-61-28-19-20-31-63(61)78(64(62)45-58)65-43-50(34-35-74-65)69(4,5)6)67(75-77)66-59(47-36-51(70(7,8)9)40-52(37-47)71(10,11)12)29-23-30-60(66)48-38-53(72(13,14)15)41-54(39-48)73(16,17)18;/h19-43H,1-18H3;/q-2;. The van der Waals surface area contributed by atoms with Crippen LogP contribution in [0, 0.1) is 18.5 Å². The number of hydrogen-bond donors (Lipinski definition) is 0. The van der Waals surface area contributed by atoms with E-state index in [4.69, 9.17) is 14.8 Å². The van der Waals surface area contributed by atoms with Crippen LogP contribution < -0.4 is 9.42 Å². The van der Waals surface area contributed by atoms with Crippen LogP contribution in [0.25, 0.3) is 72.6 Å². The van der Waals surface area contributed by atoms with E-state index in [0.29, 0.717) is 11.5 Å². The molecule has 80 heavy (non-hydrogen) atoms. The fourth-order valence-electron chi connectivity index (χ4n) is 10.3. The second-order valence-corrected chi connectivity index (χ2v) is 27.9. The maximum atomic E-state index is 6.87. The molecule has 0 saturated heterocycles. The monoisotopic (exact) mass is 1240 g/mol. The first-order valence-electron chi connectivity index (χ1n) is 28.1. The van der Waals surface area contributed by atoms with Crippen molar-refractivity contribution in [2.24, 2.45) is 0 Å². The van der Waals surface area contributed by atoms with Gasteiger partial charge in [0.2, 0.25) is 0 Å². The molecule has 0 unspecified atom stereocenters. The van der Waals surface area contributed by atoms with Gasteiger partial charge in [0.25, 0.3) is 6.33 Å². The molecule has 0 aliphatic rings. The van der Waals surface area contributed by atoms with Crippen molar-refractivity contribution in [2.45, 2.75) is 157 Å². The number of nitrogens with zero attached hydrogens (tertiary/aromatic N) is 5. The largest absolute Gasteiger partial charge is 0.510 e. The van der Waals surface area contributed by atoms with Crippen LogP contribution in [0.15, 0.2) is 152 Å². The summed E-state index contributed by atoms with van der Waals surface area (Å²) in [4.78, 5) is 4.92. The number of fused-ring (bicyclic) bond motifs is 3. The van der Waals surface area contributed by atoms with Crippen molar-refractivity contribution in [3.8, 4) is 62.3 Å². The smallest absolute Gasteiger partial charge is 0.272 e. The molecule has 0 amide bonds. The van der Waals surface area contributed by atoms with Gasteiger partial charge in [0.1, 0.15) is 5.82 Å². The molecule has 0 fully saturated rings. The summed E-state index contributed by atoms with van der Waals surface area (Å²) in [5.74, 6) is 2.66. The minimum absolute atomic E-state index is 0. The van der Waals surface area contributed by atoms with Crippen molar-refractivity contribution in [2.75, 3.05) is 0 Å². The Hall–Kier alpha value is -6.88. The van der Waals surface area contributed by atoms with Crippen molar-refractivity contribution < 1.29 is 30.5 Å². The minimum atomic E-state index is -0.105. The van der Waals surface area contributed by atoms with Crippen molar-refractivity contribution in [3.63, 3.8) is 0 Å². The van der Waals surface area contributed by atoms with E-state index in [0.717, 1.165) is 72.6 Å². The van der Waals surface area contributed by atoms with Crippen molar-refractivity contribution >= 4 is 21.8 Å². The van der Waals surface area contributed by atoms with Crippen LogP contribution >= 0.6 is 0 Å². The molecular formula is C73H79N5OPt-2. The van der Waals surface area contributed by atoms with Gasteiger partial charge in [-0.15, -0.1) is 34.8 Å². The average Bonchev–Trinajstić information content (AvgIpc) is 4.20. The molecular weight excluding hydrogens is 1160 g/mol. The van der Waals surface area contributed by atoms with Crippen LogP contribution in [0.3, 0.4) is 0 Å². The predicted octanol–water partition coefficient (Wildman–Crippen LogP) is 18.6. The summed E-state index contributed by atoms with van der Waals surface area (Å²) in [7, 11) is 0. The zero-order chi connectivity index (χ0) is 56.8. The third-order valence-electron chi connectivity index (χ3n) is 15.4. The third kappa shape index (κ3) is 11.7. The van der Waals surface area contributed by atoms with E-state index in [2.05, 4.69) is 280 Å². The SMILES string of the molecule is CC(C)(C)c1cccc(-[n+]2[c-]n(-c3[c-]c(Oc4[c-]c5c(cc4)c4ccccc4n5-c4cc(C(C)(C)C)ccn4)ccc3)c(-c3c(-c4cc(C(C)(C)C)cc(C(C)(C)C)c4)cccc3-c3cc(C(C)(C)C)cc(C(C)(C)C)c3)n2)c1.[Pt]. The quantitative estimate of drug-likeness (QED) is 0.113. The van der Waals surface area contributed by atoms with E-state index in [1.54, 1.807) is 0 Å². The van der Waals surface area contributed by atoms with Gasteiger partial charge in [0.15, 0.2) is 5.82 Å². The summed E-state index contributed by atoms with van der Waals surface area (Å²) in [6, 6.07) is 60.2. The number of ether oxygens (including phenoxy) is 1. The molecule has 0 atom stereocenters. The second-order valence-electron chi connectivity index (χ2n) is 27.9. The fraction of sp³-hybridized carbons (Fsp3) is 0.329. The van der Waals surface area contributed by atoms with Gasteiger partial charge in [-0.1, -0.05) is 233 Å². The molecule has 0 aliphatic heterocycles. The number of hydrogen-bond acceptors (Lipinski definition) is 3. The van der Waals surface area contributed by atoms with Crippen molar-refractivity contribution in [1.29, 1.82) is 0 Å². The van der Waals surface area contributed by atoms with E-state index in [-0.39, 0.29) is 53.6 Å². The Kier molecular flexibility index (Phi) is 15.1. The van der Waals surface area contributed by atoms with E-state index < -0.39 is 0 Å². The van der Waals surface area contributed by atoms with Gasteiger partial charge in [-0.3, -0.25) is 0 Å². The average molecular weight is 1240 g/mol. The van der Waals surface area contributed by atoms with Gasteiger partial charge < -0.3 is 13.9 Å². The predicted molar refractivity (Wildman–Crippen MR) is 329 cm³/mol. The normalized spacial score (nSPS) is 12.8. The molecule has 0 N–H and O–H groups in total. The van der Waals surface area contributed by atoms with Crippen molar-refractivity contribution in [3.05, 3.63) is 204 Å². The van der Waals surface area contributed by atoms with Crippen LogP contribution in [0.1, 0.15) is 158 Å². The summed E-state index contributed by atoms with van der Waals surface area (Å²) in [6.07, 6.45) is 5.69. The summed E-state index contributed by atoms with van der Waals surface area (Å²) in [5.41, 5.74) is 16.0. The second kappa shape index (κ2) is 20.9. The van der Waals surface area contributed by atoms with Crippen molar-refractivity contribution in [1.82, 2.24) is 19.2 Å². The molecule has 6 nitrogen and oxygen atoms in total.